The minimum absolute atomic E-state index is 0.165. The van der Waals surface area contributed by atoms with E-state index in [2.05, 4.69) is 38.8 Å². The molecule has 2 aromatic heterocycles. The number of rotatable bonds is 6. The summed E-state index contributed by atoms with van der Waals surface area (Å²) in [4.78, 5) is 29.2. The largest absolute Gasteiger partial charge is 0.340 e. The third-order valence-corrected chi connectivity index (χ3v) is 6.32. The number of thiazole rings is 1. The van der Waals surface area contributed by atoms with Crippen molar-refractivity contribution in [3.8, 4) is 0 Å². The Bertz CT molecular complexity index is 731. The number of nitrogens with zero attached hydrogens (tertiary/aromatic N) is 6. The summed E-state index contributed by atoms with van der Waals surface area (Å²) in [6.07, 6.45) is 7.25. The molecular formula is C18H26N6OS. The van der Waals surface area contributed by atoms with Gasteiger partial charge in [-0.3, -0.25) is 14.7 Å². The maximum atomic E-state index is 12.8. The lowest BCUT2D eigenvalue weighted by molar-refractivity contribution is -0.131. The fraction of sp³-hybridized carbons (Fsp3) is 0.611. The molecule has 26 heavy (non-hydrogen) atoms. The lowest BCUT2D eigenvalue weighted by atomic mass is 9.80. The van der Waals surface area contributed by atoms with Crippen LogP contribution >= 0.6 is 11.3 Å². The van der Waals surface area contributed by atoms with Crippen LogP contribution in [0.5, 0.6) is 0 Å². The molecule has 1 amide bonds. The summed E-state index contributed by atoms with van der Waals surface area (Å²) in [7, 11) is 4.27. The van der Waals surface area contributed by atoms with Crippen molar-refractivity contribution in [2.75, 3.05) is 46.8 Å². The highest BCUT2D eigenvalue weighted by atomic mass is 32.1. The van der Waals surface area contributed by atoms with E-state index in [1.165, 1.54) is 4.88 Å². The van der Waals surface area contributed by atoms with Gasteiger partial charge in [0.15, 0.2) is 0 Å². The number of aromatic nitrogens is 3. The van der Waals surface area contributed by atoms with E-state index in [9.17, 15) is 4.79 Å². The first kappa shape index (κ1) is 17.6. The Morgan fingerprint density at radius 1 is 1.35 bits per heavy atom. The van der Waals surface area contributed by atoms with Gasteiger partial charge in [0.1, 0.15) is 6.54 Å². The van der Waals surface area contributed by atoms with Crippen molar-refractivity contribution in [3.63, 3.8) is 0 Å². The summed E-state index contributed by atoms with van der Waals surface area (Å²) in [5.74, 6) is 0.731. The van der Waals surface area contributed by atoms with Gasteiger partial charge in [0, 0.05) is 68.2 Å². The van der Waals surface area contributed by atoms with Crippen LogP contribution < -0.4 is 0 Å². The minimum Gasteiger partial charge on any atom is -0.340 e. The van der Waals surface area contributed by atoms with E-state index in [4.69, 9.17) is 0 Å². The van der Waals surface area contributed by atoms with E-state index in [1.807, 2.05) is 22.5 Å². The minimum atomic E-state index is 0.165. The van der Waals surface area contributed by atoms with Crippen LogP contribution in [0.3, 0.4) is 0 Å². The average molecular weight is 375 g/mol. The smallest absolute Gasteiger partial charge is 0.242 e. The van der Waals surface area contributed by atoms with Crippen LogP contribution in [0.2, 0.25) is 0 Å². The number of imidazole rings is 1. The maximum Gasteiger partial charge on any atom is 0.242 e. The molecule has 4 rings (SSSR count). The normalized spacial score (nSPS) is 26.0. The average Bonchev–Trinajstić information content (AvgIpc) is 3.31. The van der Waals surface area contributed by atoms with Crippen molar-refractivity contribution in [1.29, 1.82) is 0 Å². The molecule has 0 unspecified atom stereocenters. The predicted octanol–water partition coefficient (Wildman–Crippen LogP) is 0.862. The zero-order chi connectivity index (χ0) is 18.1. The van der Waals surface area contributed by atoms with Crippen molar-refractivity contribution in [3.05, 3.63) is 35.3 Å². The molecule has 2 saturated heterocycles. The molecule has 2 aliphatic rings. The SMILES string of the molecule is CN(C)C[C@]12CN(Cc3cncs3)C[C@H]1CN(C(=O)Cn1ccnc1)C2. The summed E-state index contributed by atoms with van der Waals surface area (Å²) in [6.45, 7) is 6.19. The van der Waals surface area contributed by atoms with E-state index >= 15 is 0 Å². The van der Waals surface area contributed by atoms with E-state index in [1.54, 1.807) is 23.9 Å². The molecule has 0 saturated carbocycles. The molecule has 4 heterocycles. The van der Waals surface area contributed by atoms with Crippen LogP contribution in [0.25, 0.3) is 0 Å². The summed E-state index contributed by atoms with van der Waals surface area (Å²) in [6, 6.07) is 0. The van der Waals surface area contributed by atoms with E-state index in [0.29, 0.717) is 12.5 Å². The maximum absolute atomic E-state index is 12.8. The Labute approximate surface area is 158 Å². The molecule has 140 valence electrons. The van der Waals surface area contributed by atoms with Crippen LogP contribution in [0.1, 0.15) is 4.88 Å². The fourth-order valence-corrected chi connectivity index (χ4v) is 5.27. The van der Waals surface area contributed by atoms with Gasteiger partial charge >= 0.3 is 0 Å². The summed E-state index contributed by atoms with van der Waals surface area (Å²) < 4.78 is 1.85. The first-order valence-electron chi connectivity index (χ1n) is 9.02. The number of amides is 1. The van der Waals surface area contributed by atoms with Gasteiger partial charge in [0.05, 0.1) is 11.8 Å². The lowest BCUT2D eigenvalue weighted by Crippen LogP contribution is -2.43. The highest BCUT2D eigenvalue weighted by molar-refractivity contribution is 7.09. The molecule has 2 aliphatic heterocycles. The first-order chi connectivity index (χ1) is 12.5. The van der Waals surface area contributed by atoms with Gasteiger partial charge in [-0.2, -0.15) is 0 Å². The second-order valence-electron chi connectivity index (χ2n) is 7.94. The molecule has 0 N–H and O–H groups in total. The highest BCUT2D eigenvalue weighted by Gasteiger charge is 2.53. The van der Waals surface area contributed by atoms with Crippen LogP contribution in [0.15, 0.2) is 30.4 Å². The molecule has 0 bridgehead atoms. The summed E-state index contributed by atoms with van der Waals surface area (Å²) in [5, 5.41) is 0. The molecule has 0 aromatic carbocycles. The van der Waals surface area contributed by atoms with Gasteiger partial charge in [-0.1, -0.05) is 0 Å². The standard InChI is InChI=1S/C18H26N6OS/c1-21(2)10-18-11-23(8-16-5-20-14-26-16)6-15(18)7-24(12-18)17(25)9-22-4-3-19-13-22/h3-5,13-15H,6-12H2,1-2H3/t15-,18+/m0/s1. The first-order valence-corrected chi connectivity index (χ1v) is 9.90. The van der Waals surface area contributed by atoms with Crippen LogP contribution in [-0.2, 0) is 17.9 Å². The van der Waals surface area contributed by atoms with Crippen molar-refractivity contribution in [2.45, 2.75) is 13.1 Å². The van der Waals surface area contributed by atoms with Crippen LogP contribution in [0.4, 0.5) is 0 Å². The summed E-state index contributed by atoms with van der Waals surface area (Å²) in [5.41, 5.74) is 2.07. The number of carbonyl (C=O) groups is 1. The lowest BCUT2D eigenvalue weighted by Gasteiger charge is -2.32. The number of hydrogen-bond acceptors (Lipinski definition) is 6. The second-order valence-corrected chi connectivity index (χ2v) is 8.91. The van der Waals surface area contributed by atoms with Gasteiger partial charge < -0.3 is 14.4 Å². The van der Waals surface area contributed by atoms with Crippen molar-refractivity contribution >= 4 is 17.2 Å². The second kappa shape index (κ2) is 7.09. The number of carbonyl (C=O) groups excluding carboxylic acids is 1. The van der Waals surface area contributed by atoms with Crippen LogP contribution in [-0.4, -0.2) is 82.0 Å². The monoisotopic (exact) mass is 374 g/mol. The summed E-state index contributed by atoms with van der Waals surface area (Å²) >= 11 is 1.72. The quantitative estimate of drug-likeness (QED) is 0.751. The molecule has 8 heteroatoms. The predicted molar refractivity (Wildman–Crippen MR) is 101 cm³/mol. The van der Waals surface area contributed by atoms with Gasteiger partial charge in [-0.25, -0.2) is 4.98 Å². The molecule has 2 fully saturated rings. The van der Waals surface area contributed by atoms with Crippen molar-refractivity contribution in [2.24, 2.45) is 11.3 Å². The van der Waals surface area contributed by atoms with Crippen LogP contribution in [0, 0.1) is 11.3 Å². The van der Waals surface area contributed by atoms with Gasteiger partial charge in [0.2, 0.25) is 5.91 Å². The van der Waals surface area contributed by atoms with Crippen molar-refractivity contribution < 1.29 is 4.79 Å². The molecule has 0 aliphatic carbocycles. The topological polar surface area (TPSA) is 57.5 Å². The van der Waals surface area contributed by atoms with Gasteiger partial charge in [0.25, 0.3) is 0 Å². The molecular weight excluding hydrogens is 348 g/mol. The van der Waals surface area contributed by atoms with E-state index in [0.717, 1.165) is 39.3 Å². The zero-order valence-electron chi connectivity index (χ0n) is 15.4. The van der Waals surface area contributed by atoms with E-state index < -0.39 is 0 Å². The third-order valence-electron chi connectivity index (χ3n) is 5.55. The van der Waals surface area contributed by atoms with Gasteiger partial charge in [-0.05, 0) is 20.0 Å². The number of likely N-dealkylation sites (tertiary alicyclic amines) is 2. The molecule has 0 radical (unpaired) electrons. The Balaban J connectivity index is 1.44. The molecule has 2 atom stereocenters. The Hall–Kier alpha value is -1.77. The Morgan fingerprint density at radius 2 is 2.23 bits per heavy atom. The molecule has 7 nitrogen and oxygen atoms in total. The Kier molecular flexibility index (Phi) is 4.81. The number of hydrogen-bond donors (Lipinski definition) is 0. The van der Waals surface area contributed by atoms with Gasteiger partial charge in [-0.15, -0.1) is 11.3 Å². The molecule has 0 spiro atoms. The van der Waals surface area contributed by atoms with E-state index in [-0.39, 0.29) is 11.3 Å². The fourth-order valence-electron chi connectivity index (χ4n) is 4.63. The van der Waals surface area contributed by atoms with Crippen molar-refractivity contribution in [1.82, 2.24) is 29.2 Å². The molecule has 2 aromatic rings. The Morgan fingerprint density at radius 3 is 2.92 bits per heavy atom. The highest BCUT2D eigenvalue weighted by Crippen LogP contribution is 2.43. The number of fused-ring (bicyclic) bond motifs is 1. The third kappa shape index (κ3) is 3.54. The zero-order valence-corrected chi connectivity index (χ0v) is 16.2.